The number of aromatic nitrogens is 1. The van der Waals surface area contributed by atoms with Crippen molar-refractivity contribution in [3.63, 3.8) is 0 Å². The van der Waals surface area contributed by atoms with Gasteiger partial charge in [-0.15, -0.1) is 0 Å². The van der Waals surface area contributed by atoms with E-state index in [0.717, 1.165) is 16.7 Å². The molecular formula is C13H13ClN2O. The summed E-state index contributed by atoms with van der Waals surface area (Å²) in [6.45, 7) is 0.486. The molecule has 0 saturated heterocycles. The van der Waals surface area contributed by atoms with E-state index >= 15 is 0 Å². The van der Waals surface area contributed by atoms with E-state index in [0.29, 0.717) is 17.4 Å². The van der Waals surface area contributed by atoms with E-state index in [9.17, 15) is 0 Å². The highest BCUT2D eigenvalue weighted by atomic mass is 35.5. The summed E-state index contributed by atoms with van der Waals surface area (Å²) in [5.74, 6) is 0.571. The van der Waals surface area contributed by atoms with Gasteiger partial charge in [-0.1, -0.05) is 23.7 Å². The Kier molecular flexibility index (Phi) is 3.61. The molecule has 0 amide bonds. The average molecular weight is 249 g/mol. The van der Waals surface area contributed by atoms with Crippen LogP contribution in [0.1, 0.15) is 5.56 Å². The van der Waals surface area contributed by atoms with E-state index in [1.165, 1.54) is 0 Å². The van der Waals surface area contributed by atoms with Crippen molar-refractivity contribution in [1.29, 1.82) is 0 Å². The molecule has 1 aromatic carbocycles. The predicted octanol–water partition coefficient (Wildman–Crippen LogP) is 2.87. The lowest BCUT2D eigenvalue weighted by Gasteiger charge is -2.07. The molecular weight excluding hydrogens is 236 g/mol. The van der Waals surface area contributed by atoms with Crippen molar-refractivity contribution in [3.05, 3.63) is 47.1 Å². The number of nitrogens with zero attached hydrogens (tertiary/aromatic N) is 1. The molecule has 2 N–H and O–H groups in total. The lowest BCUT2D eigenvalue weighted by molar-refractivity contribution is 0.398. The first kappa shape index (κ1) is 11.9. The number of nitrogens with two attached hydrogens (primary N) is 1. The van der Waals surface area contributed by atoms with Gasteiger partial charge in [-0.25, -0.2) is 4.98 Å². The Labute approximate surface area is 105 Å². The van der Waals surface area contributed by atoms with Crippen LogP contribution in [0.4, 0.5) is 0 Å². The van der Waals surface area contributed by atoms with Gasteiger partial charge in [0.1, 0.15) is 0 Å². The third kappa shape index (κ3) is 2.57. The molecule has 0 saturated carbocycles. The Bertz CT molecular complexity index is 529. The van der Waals surface area contributed by atoms with Crippen molar-refractivity contribution >= 4 is 11.6 Å². The molecule has 0 unspecified atom stereocenters. The second kappa shape index (κ2) is 5.17. The fourth-order valence-electron chi connectivity index (χ4n) is 1.61. The molecule has 1 heterocycles. The maximum atomic E-state index is 6.22. The number of halogens is 1. The van der Waals surface area contributed by atoms with E-state index in [4.69, 9.17) is 22.1 Å². The van der Waals surface area contributed by atoms with Gasteiger partial charge in [-0.3, -0.25) is 0 Å². The maximum absolute atomic E-state index is 6.22. The fourth-order valence-corrected chi connectivity index (χ4v) is 1.92. The topological polar surface area (TPSA) is 48.1 Å². The summed E-state index contributed by atoms with van der Waals surface area (Å²) >= 11 is 6.22. The molecule has 0 bridgehead atoms. The van der Waals surface area contributed by atoms with Crippen molar-refractivity contribution in [2.75, 3.05) is 7.11 Å². The van der Waals surface area contributed by atoms with Crippen LogP contribution in [0.25, 0.3) is 11.1 Å². The summed E-state index contributed by atoms with van der Waals surface area (Å²) in [6.07, 6.45) is 1.70. The lowest BCUT2D eigenvalue weighted by Crippen LogP contribution is -1.96. The first-order valence-corrected chi connectivity index (χ1v) is 5.61. The Morgan fingerprint density at radius 3 is 2.76 bits per heavy atom. The van der Waals surface area contributed by atoms with Crippen molar-refractivity contribution in [2.24, 2.45) is 5.73 Å². The molecule has 88 valence electrons. The van der Waals surface area contributed by atoms with Crippen molar-refractivity contribution < 1.29 is 4.74 Å². The van der Waals surface area contributed by atoms with Gasteiger partial charge in [-0.05, 0) is 23.3 Å². The third-order valence-electron chi connectivity index (χ3n) is 2.52. The third-order valence-corrected chi connectivity index (χ3v) is 2.84. The van der Waals surface area contributed by atoms with Gasteiger partial charge in [0, 0.05) is 29.4 Å². The Balaban J connectivity index is 2.45. The van der Waals surface area contributed by atoms with E-state index in [1.54, 1.807) is 13.3 Å². The molecule has 0 aliphatic heterocycles. The molecule has 2 aromatic rings. The van der Waals surface area contributed by atoms with Crippen LogP contribution in [-0.2, 0) is 6.54 Å². The minimum Gasteiger partial charge on any atom is -0.481 e. The Morgan fingerprint density at radius 1 is 1.29 bits per heavy atom. The van der Waals surface area contributed by atoms with Crippen LogP contribution in [0.2, 0.25) is 5.02 Å². The van der Waals surface area contributed by atoms with Crippen LogP contribution >= 0.6 is 11.6 Å². The van der Waals surface area contributed by atoms with Crippen LogP contribution < -0.4 is 10.5 Å². The summed E-state index contributed by atoms with van der Waals surface area (Å²) in [6, 6.07) is 9.55. The van der Waals surface area contributed by atoms with Gasteiger partial charge in [0.2, 0.25) is 5.88 Å². The fraction of sp³-hybridized carbons (Fsp3) is 0.154. The van der Waals surface area contributed by atoms with Crippen molar-refractivity contribution in [2.45, 2.75) is 6.54 Å². The van der Waals surface area contributed by atoms with Gasteiger partial charge >= 0.3 is 0 Å². The van der Waals surface area contributed by atoms with E-state index in [1.807, 2.05) is 30.3 Å². The number of pyridine rings is 1. The molecule has 0 aliphatic rings. The van der Waals surface area contributed by atoms with Crippen LogP contribution in [0.3, 0.4) is 0 Å². The zero-order valence-electron chi connectivity index (χ0n) is 9.48. The van der Waals surface area contributed by atoms with E-state index < -0.39 is 0 Å². The predicted molar refractivity (Wildman–Crippen MR) is 69.1 cm³/mol. The van der Waals surface area contributed by atoms with Crippen molar-refractivity contribution in [1.82, 2.24) is 4.98 Å². The molecule has 0 spiro atoms. The number of hydrogen-bond donors (Lipinski definition) is 1. The molecule has 17 heavy (non-hydrogen) atoms. The molecule has 0 atom stereocenters. The highest BCUT2D eigenvalue weighted by Gasteiger charge is 2.05. The first-order chi connectivity index (χ1) is 8.24. The highest BCUT2D eigenvalue weighted by molar-refractivity contribution is 6.33. The zero-order valence-corrected chi connectivity index (χ0v) is 10.2. The van der Waals surface area contributed by atoms with Gasteiger partial charge in [0.25, 0.3) is 0 Å². The zero-order chi connectivity index (χ0) is 12.3. The number of hydrogen-bond acceptors (Lipinski definition) is 3. The smallest absolute Gasteiger partial charge is 0.213 e. The Hall–Kier alpha value is -1.58. The largest absolute Gasteiger partial charge is 0.481 e. The van der Waals surface area contributed by atoms with Gasteiger partial charge in [0.15, 0.2) is 0 Å². The lowest BCUT2D eigenvalue weighted by atomic mass is 10.0. The Morgan fingerprint density at radius 2 is 2.12 bits per heavy atom. The second-order valence-electron chi connectivity index (χ2n) is 3.61. The minimum absolute atomic E-state index is 0.486. The number of rotatable bonds is 3. The normalized spacial score (nSPS) is 10.3. The van der Waals surface area contributed by atoms with E-state index in [2.05, 4.69) is 4.98 Å². The molecule has 0 radical (unpaired) electrons. The maximum Gasteiger partial charge on any atom is 0.213 e. The van der Waals surface area contributed by atoms with Gasteiger partial charge in [-0.2, -0.15) is 0 Å². The number of methoxy groups -OCH3 is 1. The summed E-state index contributed by atoms with van der Waals surface area (Å²) in [7, 11) is 1.59. The summed E-state index contributed by atoms with van der Waals surface area (Å²) in [5.41, 5.74) is 8.50. The van der Waals surface area contributed by atoms with Crippen LogP contribution in [-0.4, -0.2) is 12.1 Å². The highest BCUT2D eigenvalue weighted by Crippen LogP contribution is 2.29. The van der Waals surface area contributed by atoms with Crippen molar-refractivity contribution in [3.8, 4) is 17.0 Å². The minimum atomic E-state index is 0.486. The molecule has 2 rings (SSSR count). The quantitative estimate of drug-likeness (QED) is 0.909. The summed E-state index contributed by atoms with van der Waals surface area (Å²) in [4.78, 5) is 4.06. The number of benzene rings is 1. The van der Waals surface area contributed by atoms with Gasteiger partial charge in [0.05, 0.1) is 7.11 Å². The standard InChI is InChI=1S/C13H13ClN2O/c1-17-13-7-10(4-5-16-13)11-3-2-9(8-15)6-12(11)14/h2-7H,8,15H2,1H3. The molecule has 0 fully saturated rings. The summed E-state index contributed by atoms with van der Waals surface area (Å²) < 4.78 is 5.09. The average Bonchev–Trinajstić information content (AvgIpc) is 2.38. The van der Waals surface area contributed by atoms with Crippen LogP contribution in [0, 0.1) is 0 Å². The second-order valence-corrected chi connectivity index (χ2v) is 4.01. The van der Waals surface area contributed by atoms with E-state index in [-0.39, 0.29) is 0 Å². The molecule has 1 aromatic heterocycles. The van der Waals surface area contributed by atoms with Crippen LogP contribution in [0.15, 0.2) is 36.5 Å². The monoisotopic (exact) mass is 248 g/mol. The van der Waals surface area contributed by atoms with Gasteiger partial charge < -0.3 is 10.5 Å². The SMILES string of the molecule is COc1cc(-c2ccc(CN)cc2Cl)ccn1. The molecule has 4 heteroatoms. The first-order valence-electron chi connectivity index (χ1n) is 5.23. The molecule has 3 nitrogen and oxygen atoms in total. The molecule has 0 aliphatic carbocycles. The summed E-state index contributed by atoms with van der Waals surface area (Å²) in [5, 5.41) is 0.682. The van der Waals surface area contributed by atoms with Crippen LogP contribution in [0.5, 0.6) is 5.88 Å². The number of ether oxygens (including phenoxy) is 1.